The van der Waals surface area contributed by atoms with Crippen molar-refractivity contribution in [3.63, 3.8) is 0 Å². The second kappa shape index (κ2) is 3.11. The number of thioether (sulfide) groups is 1. The lowest BCUT2D eigenvalue weighted by Gasteiger charge is -2.18. The molecule has 1 saturated heterocycles. The summed E-state index contributed by atoms with van der Waals surface area (Å²) in [5, 5.41) is 4.68. The normalized spacial score (nSPS) is 28.3. The third-order valence-corrected chi connectivity index (χ3v) is 4.34. The van der Waals surface area contributed by atoms with Gasteiger partial charge < -0.3 is 0 Å². The van der Waals surface area contributed by atoms with Crippen LogP contribution < -0.4 is 5.14 Å². The van der Waals surface area contributed by atoms with Crippen molar-refractivity contribution in [2.45, 2.75) is 18.1 Å². The predicted octanol–water partition coefficient (Wildman–Crippen LogP) is 0.171. The fraction of sp³-hybridized carbons (Fsp3) is 1.00. The maximum absolute atomic E-state index is 10.8. The van der Waals surface area contributed by atoms with Gasteiger partial charge in [0.1, 0.15) is 0 Å². The summed E-state index contributed by atoms with van der Waals surface area (Å²) in [4.78, 5) is 0. The zero-order valence-electron chi connectivity index (χ0n) is 5.62. The van der Waals surface area contributed by atoms with Crippen molar-refractivity contribution in [3.8, 4) is 0 Å². The molecule has 0 bridgehead atoms. The van der Waals surface area contributed by atoms with Crippen LogP contribution in [0.4, 0.5) is 0 Å². The van der Waals surface area contributed by atoms with Crippen molar-refractivity contribution in [1.29, 1.82) is 0 Å². The quantitative estimate of drug-likeness (QED) is 0.627. The van der Waals surface area contributed by atoms with Crippen molar-refractivity contribution in [2.75, 3.05) is 11.5 Å². The lowest BCUT2D eigenvalue weighted by molar-refractivity contribution is 0.577. The molecule has 0 aromatic rings. The third kappa shape index (κ3) is 2.14. The summed E-state index contributed by atoms with van der Waals surface area (Å²) < 4.78 is 21.5. The fourth-order valence-corrected chi connectivity index (χ4v) is 3.48. The van der Waals surface area contributed by atoms with Crippen molar-refractivity contribution in [3.05, 3.63) is 0 Å². The number of hydrogen-bond donors (Lipinski definition) is 1. The Balaban J connectivity index is 2.56. The molecule has 3 nitrogen and oxygen atoms in total. The highest BCUT2D eigenvalue weighted by Crippen LogP contribution is 2.20. The summed E-state index contributed by atoms with van der Waals surface area (Å²) >= 11 is 1.67. The van der Waals surface area contributed by atoms with Gasteiger partial charge in [-0.2, -0.15) is 11.8 Å². The number of hydrogen-bond acceptors (Lipinski definition) is 3. The molecule has 1 aliphatic rings. The zero-order valence-corrected chi connectivity index (χ0v) is 7.25. The minimum atomic E-state index is -3.25. The molecule has 1 unspecified atom stereocenters. The zero-order chi connectivity index (χ0) is 7.61. The Labute approximate surface area is 65.4 Å². The molecule has 0 aromatic heterocycles. The van der Waals surface area contributed by atoms with E-state index in [4.69, 9.17) is 5.14 Å². The molecule has 0 amide bonds. The van der Waals surface area contributed by atoms with Crippen molar-refractivity contribution < 1.29 is 8.42 Å². The van der Waals surface area contributed by atoms with Gasteiger partial charge in [0.05, 0.1) is 5.25 Å². The average molecular weight is 181 g/mol. The molecule has 0 saturated carbocycles. The molecule has 0 spiro atoms. The van der Waals surface area contributed by atoms with E-state index >= 15 is 0 Å². The lowest BCUT2D eigenvalue weighted by atomic mass is 10.3. The topological polar surface area (TPSA) is 60.2 Å². The van der Waals surface area contributed by atoms with Crippen LogP contribution in [0.3, 0.4) is 0 Å². The third-order valence-electron chi connectivity index (χ3n) is 1.58. The Morgan fingerprint density at radius 3 is 2.50 bits per heavy atom. The molecule has 10 heavy (non-hydrogen) atoms. The summed E-state index contributed by atoms with van der Waals surface area (Å²) in [7, 11) is -3.25. The van der Waals surface area contributed by atoms with E-state index in [2.05, 4.69) is 0 Å². The van der Waals surface area contributed by atoms with Gasteiger partial charge in [0, 0.05) is 5.75 Å². The Kier molecular flexibility index (Phi) is 2.60. The number of nitrogens with two attached hydrogens (primary N) is 1. The van der Waals surface area contributed by atoms with E-state index in [9.17, 15) is 8.42 Å². The first-order valence-corrected chi connectivity index (χ1v) is 5.96. The smallest absolute Gasteiger partial charge is 0.212 e. The number of primary sulfonamides is 1. The maximum Gasteiger partial charge on any atom is 0.212 e. The summed E-state index contributed by atoms with van der Waals surface area (Å²) in [6.45, 7) is 0. The summed E-state index contributed by atoms with van der Waals surface area (Å²) in [5.74, 6) is 1.75. The highest BCUT2D eigenvalue weighted by Gasteiger charge is 2.23. The molecule has 1 atom stereocenters. The molecule has 5 heteroatoms. The standard InChI is InChI=1S/C5H11NO2S2/c6-10(7,8)5-2-1-3-9-4-5/h5H,1-4H2,(H2,6,7,8). The van der Waals surface area contributed by atoms with Gasteiger partial charge in [-0.3, -0.25) is 0 Å². The SMILES string of the molecule is NS(=O)(=O)C1CCCSC1. The van der Waals surface area contributed by atoms with Crippen molar-refractivity contribution in [2.24, 2.45) is 5.14 Å². The van der Waals surface area contributed by atoms with Crippen LogP contribution in [-0.2, 0) is 10.0 Å². The maximum atomic E-state index is 10.8. The van der Waals surface area contributed by atoms with Crippen LogP contribution >= 0.6 is 11.8 Å². The average Bonchev–Trinajstić information content (AvgIpc) is 1.88. The highest BCUT2D eigenvalue weighted by molar-refractivity contribution is 8.00. The Hall–Kier alpha value is 0.260. The minimum absolute atomic E-state index is 0.286. The van der Waals surface area contributed by atoms with E-state index in [0.717, 1.165) is 18.6 Å². The second-order valence-corrected chi connectivity index (χ2v) is 5.42. The van der Waals surface area contributed by atoms with Crippen LogP contribution in [0, 0.1) is 0 Å². The second-order valence-electron chi connectivity index (χ2n) is 2.43. The van der Waals surface area contributed by atoms with Gasteiger partial charge in [-0.15, -0.1) is 0 Å². The number of rotatable bonds is 1. The molecule has 0 aliphatic carbocycles. The molecule has 1 rings (SSSR count). The minimum Gasteiger partial charge on any atom is -0.228 e. The first-order valence-electron chi connectivity index (χ1n) is 3.20. The largest absolute Gasteiger partial charge is 0.228 e. The molecular formula is C5H11NO2S2. The molecule has 0 radical (unpaired) electrons. The van der Waals surface area contributed by atoms with Gasteiger partial charge in [-0.25, -0.2) is 13.6 Å². The van der Waals surface area contributed by atoms with E-state index < -0.39 is 10.0 Å². The molecular weight excluding hydrogens is 170 g/mol. The van der Waals surface area contributed by atoms with Crippen LogP contribution in [0.1, 0.15) is 12.8 Å². The van der Waals surface area contributed by atoms with Crippen LogP contribution in [0.2, 0.25) is 0 Å². The highest BCUT2D eigenvalue weighted by atomic mass is 32.2. The van der Waals surface area contributed by atoms with Gasteiger partial charge in [0.25, 0.3) is 0 Å². The Morgan fingerprint density at radius 1 is 1.50 bits per heavy atom. The van der Waals surface area contributed by atoms with Gasteiger partial charge in [0.15, 0.2) is 0 Å². The van der Waals surface area contributed by atoms with Crippen molar-refractivity contribution in [1.82, 2.24) is 0 Å². The summed E-state index contributed by atoms with van der Waals surface area (Å²) in [6, 6.07) is 0. The van der Waals surface area contributed by atoms with Crippen LogP contribution in [0.5, 0.6) is 0 Å². The first kappa shape index (κ1) is 8.36. The van der Waals surface area contributed by atoms with E-state index in [1.165, 1.54) is 0 Å². The molecule has 60 valence electrons. The molecule has 1 aliphatic heterocycles. The first-order chi connectivity index (χ1) is 4.61. The molecule has 1 fully saturated rings. The van der Waals surface area contributed by atoms with Crippen LogP contribution in [-0.4, -0.2) is 25.2 Å². The summed E-state index contributed by atoms with van der Waals surface area (Å²) in [6.07, 6.45) is 1.72. The Bertz CT molecular complexity index is 194. The van der Waals surface area contributed by atoms with Gasteiger partial charge >= 0.3 is 0 Å². The van der Waals surface area contributed by atoms with Crippen LogP contribution in [0.25, 0.3) is 0 Å². The monoisotopic (exact) mass is 181 g/mol. The van der Waals surface area contributed by atoms with E-state index in [1.807, 2.05) is 0 Å². The Morgan fingerprint density at radius 2 is 2.20 bits per heavy atom. The van der Waals surface area contributed by atoms with Crippen molar-refractivity contribution >= 4 is 21.8 Å². The van der Waals surface area contributed by atoms with Gasteiger partial charge in [0.2, 0.25) is 10.0 Å². The fourth-order valence-electron chi connectivity index (χ4n) is 0.970. The van der Waals surface area contributed by atoms with Gasteiger partial charge in [-0.1, -0.05) is 0 Å². The van der Waals surface area contributed by atoms with E-state index in [0.29, 0.717) is 5.75 Å². The predicted molar refractivity (Wildman–Crippen MR) is 43.5 cm³/mol. The molecule has 0 aromatic carbocycles. The lowest BCUT2D eigenvalue weighted by Crippen LogP contribution is -2.32. The molecule has 1 heterocycles. The van der Waals surface area contributed by atoms with Gasteiger partial charge in [-0.05, 0) is 18.6 Å². The summed E-state index contributed by atoms with van der Waals surface area (Å²) in [5.41, 5.74) is 0. The molecule has 2 N–H and O–H groups in total. The van der Waals surface area contributed by atoms with Crippen LogP contribution in [0.15, 0.2) is 0 Å². The van der Waals surface area contributed by atoms with E-state index in [-0.39, 0.29) is 5.25 Å². The number of sulfonamides is 1. The van der Waals surface area contributed by atoms with E-state index in [1.54, 1.807) is 11.8 Å².